The molecule has 0 aliphatic rings. The highest BCUT2D eigenvalue weighted by Crippen LogP contribution is 2.11. The maximum atomic E-state index is 5.91. The third-order valence-electron chi connectivity index (χ3n) is 1.91. The second-order valence-corrected chi connectivity index (χ2v) is 5.92. The number of hydrogen-bond acceptors (Lipinski definition) is 3. The molecule has 90 valence electrons. The van der Waals surface area contributed by atoms with E-state index in [0.717, 1.165) is 10.7 Å². The van der Waals surface area contributed by atoms with Gasteiger partial charge in [-0.2, -0.15) is 0 Å². The van der Waals surface area contributed by atoms with Crippen molar-refractivity contribution < 1.29 is 0 Å². The zero-order chi connectivity index (χ0) is 12.3. The van der Waals surface area contributed by atoms with Crippen molar-refractivity contribution in [2.75, 3.05) is 7.05 Å². The Bertz CT molecular complexity index is 376. The molecule has 5 heteroatoms. The third kappa shape index (κ3) is 4.18. The number of thiazole rings is 1. The first kappa shape index (κ1) is 13.0. The molecule has 0 radical (unpaired) electrons. The van der Waals surface area contributed by atoms with E-state index in [9.17, 15) is 0 Å². The molecule has 0 saturated carbocycles. The monoisotopic (exact) mass is 240 g/mol. The summed E-state index contributed by atoms with van der Waals surface area (Å²) in [5.41, 5.74) is 6.81. The Kier molecular flexibility index (Phi) is 3.91. The number of aromatic nitrogens is 1. The van der Waals surface area contributed by atoms with Gasteiger partial charge in [-0.1, -0.05) is 0 Å². The number of aryl methyl sites for hydroxylation is 1. The van der Waals surface area contributed by atoms with Crippen molar-refractivity contribution in [2.45, 2.75) is 39.8 Å². The van der Waals surface area contributed by atoms with Crippen LogP contribution in [0.25, 0.3) is 0 Å². The summed E-state index contributed by atoms with van der Waals surface area (Å²) in [4.78, 5) is 10.7. The van der Waals surface area contributed by atoms with Crippen molar-refractivity contribution in [2.24, 2.45) is 10.7 Å². The molecule has 1 aromatic rings. The van der Waals surface area contributed by atoms with Gasteiger partial charge in [-0.15, -0.1) is 11.3 Å². The summed E-state index contributed by atoms with van der Waals surface area (Å²) in [7, 11) is 1.93. The minimum Gasteiger partial charge on any atom is -0.370 e. The van der Waals surface area contributed by atoms with Crippen LogP contribution in [0.1, 0.15) is 31.5 Å². The van der Waals surface area contributed by atoms with Crippen LogP contribution >= 0.6 is 11.3 Å². The fraction of sp³-hybridized carbons (Fsp3) is 0.636. The zero-order valence-electron chi connectivity index (χ0n) is 10.6. The van der Waals surface area contributed by atoms with E-state index in [4.69, 9.17) is 5.73 Å². The molecule has 1 heterocycles. The van der Waals surface area contributed by atoms with Crippen LogP contribution in [-0.4, -0.2) is 28.4 Å². The van der Waals surface area contributed by atoms with Gasteiger partial charge in [0.1, 0.15) is 0 Å². The molecular formula is C11H20N4S. The molecule has 0 fully saturated rings. The normalized spacial score (nSPS) is 12.9. The Labute approximate surface area is 101 Å². The van der Waals surface area contributed by atoms with Gasteiger partial charge < -0.3 is 10.6 Å². The molecule has 16 heavy (non-hydrogen) atoms. The van der Waals surface area contributed by atoms with Gasteiger partial charge >= 0.3 is 0 Å². The van der Waals surface area contributed by atoms with Gasteiger partial charge in [0.05, 0.1) is 22.8 Å². The van der Waals surface area contributed by atoms with Crippen LogP contribution in [0, 0.1) is 6.92 Å². The lowest BCUT2D eigenvalue weighted by Gasteiger charge is -2.21. The van der Waals surface area contributed by atoms with E-state index >= 15 is 0 Å². The highest BCUT2D eigenvalue weighted by molar-refractivity contribution is 7.09. The van der Waals surface area contributed by atoms with Crippen molar-refractivity contribution in [1.29, 1.82) is 0 Å². The largest absolute Gasteiger partial charge is 0.370 e. The molecular weight excluding hydrogens is 220 g/mol. The molecule has 0 aromatic carbocycles. The van der Waals surface area contributed by atoms with E-state index in [1.165, 1.54) is 0 Å². The van der Waals surface area contributed by atoms with Gasteiger partial charge in [-0.3, -0.25) is 0 Å². The average Bonchev–Trinajstić information content (AvgIpc) is 2.48. The van der Waals surface area contributed by atoms with Crippen molar-refractivity contribution >= 4 is 17.3 Å². The first-order valence-electron chi connectivity index (χ1n) is 5.25. The summed E-state index contributed by atoms with van der Waals surface area (Å²) in [5, 5.41) is 3.13. The average molecular weight is 240 g/mol. The lowest BCUT2D eigenvalue weighted by Crippen LogP contribution is -2.36. The summed E-state index contributed by atoms with van der Waals surface area (Å²) >= 11 is 1.65. The molecule has 0 spiro atoms. The van der Waals surface area contributed by atoms with Crippen molar-refractivity contribution in [3.8, 4) is 0 Å². The van der Waals surface area contributed by atoms with Gasteiger partial charge in [0.2, 0.25) is 0 Å². The summed E-state index contributed by atoms with van der Waals surface area (Å²) in [5.74, 6) is 0.554. The van der Waals surface area contributed by atoms with Crippen LogP contribution in [-0.2, 0) is 6.54 Å². The molecule has 0 atom stereocenters. The van der Waals surface area contributed by atoms with E-state index < -0.39 is 0 Å². The van der Waals surface area contributed by atoms with Gasteiger partial charge in [0.15, 0.2) is 5.96 Å². The highest BCUT2D eigenvalue weighted by atomic mass is 32.1. The maximum absolute atomic E-state index is 5.91. The smallest absolute Gasteiger partial charge is 0.191 e. The zero-order valence-corrected chi connectivity index (χ0v) is 11.4. The molecule has 0 bridgehead atoms. The minimum atomic E-state index is -0.143. The summed E-state index contributed by atoms with van der Waals surface area (Å²) < 4.78 is 0. The van der Waals surface area contributed by atoms with E-state index in [-0.39, 0.29) is 5.54 Å². The second-order valence-electron chi connectivity index (χ2n) is 4.85. The molecule has 0 aliphatic heterocycles. The summed E-state index contributed by atoms with van der Waals surface area (Å²) in [6.07, 6.45) is 0. The molecule has 1 rings (SSSR count). The number of nitrogens with zero attached hydrogens (tertiary/aromatic N) is 3. The van der Waals surface area contributed by atoms with Crippen LogP contribution < -0.4 is 5.73 Å². The van der Waals surface area contributed by atoms with Crippen LogP contribution in [0.2, 0.25) is 0 Å². The molecule has 0 amide bonds. The van der Waals surface area contributed by atoms with Crippen LogP contribution in [0.15, 0.2) is 10.4 Å². The topological polar surface area (TPSA) is 54.5 Å². The molecule has 0 unspecified atom stereocenters. The van der Waals surface area contributed by atoms with Gasteiger partial charge in [-0.25, -0.2) is 9.98 Å². The maximum Gasteiger partial charge on any atom is 0.191 e. The molecule has 2 N–H and O–H groups in total. The Morgan fingerprint density at radius 2 is 2.19 bits per heavy atom. The predicted octanol–water partition coefficient (Wildman–Crippen LogP) is 2.00. The Balaban J connectivity index is 2.65. The van der Waals surface area contributed by atoms with E-state index in [1.807, 2.05) is 39.6 Å². The SMILES string of the molecule is Cc1nc(CN(C)C(N)=NC(C)(C)C)cs1. The van der Waals surface area contributed by atoms with Gasteiger partial charge in [0, 0.05) is 12.4 Å². The Morgan fingerprint density at radius 1 is 1.56 bits per heavy atom. The second kappa shape index (κ2) is 4.82. The molecule has 0 aliphatic carbocycles. The third-order valence-corrected chi connectivity index (χ3v) is 2.73. The minimum absolute atomic E-state index is 0.143. The lowest BCUT2D eigenvalue weighted by atomic mass is 10.1. The lowest BCUT2D eigenvalue weighted by molar-refractivity contribution is 0.469. The van der Waals surface area contributed by atoms with E-state index in [0.29, 0.717) is 12.5 Å². The molecule has 4 nitrogen and oxygen atoms in total. The summed E-state index contributed by atoms with van der Waals surface area (Å²) in [6.45, 7) is 8.79. The van der Waals surface area contributed by atoms with Crippen molar-refractivity contribution in [1.82, 2.24) is 9.88 Å². The fourth-order valence-electron chi connectivity index (χ4n) is 1.23. The first-order chi connectivity index (χ1) is 7.28. The van der Waals surface area contributed by atoms with Crippen LogP contribution in [0.3, 0.4) is 0 Å². The van der Waals surface area contributed by atoms with E-state index in [2.05, 4.69) is 15.4 Å². The quantitative estimate of drug-likeness (QED) is 0.635. The van der Waals surface area contributed by atoms with Crippen molar-refractivity contribution in [3.63, 3.8) is 0 Å². The number of rotatable bonds is 2. The number of aliphatic imine (C=N–C) groups is 1. The fourth-order valence-corrected chi connectivity index (χ4v) is 1.84. The van der Waals surface area contributed by atoms with Crippen molar-refractivity contribution in [3.05, 3.63) is 16.1 Å². The Hall–Kier alpha value is -1.10. The Morgan fingerprint density at radius 3 is 2.62 bits per heavy atom. The predicted molar refractivity (Wildman–Crippen MR) is 69.7 cm³/mol. The number of nitrogens with two attached hydrogens (primary N) is 1. The number of hydrogen-bond donors (Lipinski definition) is 1. The molecule has 0 saturated heterocycles. The number of guanidine groups is 1. The standard InChI is InChI=1S/C11H20N4S/c1-8-13-9(7-16-8)6-15(5)10(12)14-11(2,3)4/h7H,6H2,1-5H3,(H2,12,14). The van der Waals surface area contributed by atoms with Gasteiger partial charge in [0.25, 0.3) is 0 Å². The highest BCUT2D eigenvalue weighted by Gasteiger charge is 2.11. The van der Waals surface area contributed by atoms with Crippen LogP contribution in [0.4, 0.5) is 0 Å². The van der Waals surface area contributed by atoms with Gasteiger partial charge in [-0.05, 0) is 27.7 Å². The summed E-state index contributed by atoms with van der Waals surface area (Å²) in [6, 6.07) is 0. The van der Waals surface area contributed by atoms with E-state index in [1.54, 1.807) is 11.3 Å². The first-order valence-corrected chi connectivity index (χ1v) is 6.13. The molecule has 1 aromatic heterocycles. The van der Waals surface area contributed by atoms with Crippen LogP contribution in [0.5, 0.6) is 0 Å².